The van der Waals surface area contributed by atoms with Crippen LogP contribution in [0.3, 0.4) is 0 Å². The zero-order valence-corrected chi connectivity index (χ0v) is 13.0. The smallest absolute Gasteiger partial charge is 0.134 e. The van der Waals surface area contributed by atoms with E-state index in [0.29, 0.717) is 0 Å². The molecule has 1 unspecified atom stereocenters. The molecule has 0 spiro atoms. The van der Waals surface area contributed by atoms with Gasteiger partial charge in [0.25, 0.3) is 0 Å². The third-order valence-corrected chi connectivity index (χ3v) is 4.30. The van der Waals surface area contributed by atoms with Gasteiger partial charge in [0.15, 0.2) is 0 Å². The molecule has 1 aromatic rings. The van der Waals surface area contributed by atoms with Gasteiger partial charge in [-0.1, -0.05) is 11.4 Å². The second-order valence-electron chi connectivity index (χ2n) is 5.59. The Morgan fingerprint density at radius 3 is 3.05 bits per heavy atom. The summed E-state index contributed by atoms with van der Waals surface area (Å²) in [5.74, 6) is 0.800. The Morgan fingerprint density at radius 1 is 1.53 bits per heavy atom. The molecule has 1 N–H and O–H groups in total. The molecule has 108 valence electrons. The molecule has 2 rings (SSSR count). The van der Waals surface area contributed by atoms with Crippen LogP contribution in [0.15, 0.2) is 0 Å². The minimum atomic E-state index is 0.800. The molecule has 5 nitrogen and oxygen atoms in total. The highest BCUT2D eigenvalue weighted by Crippen LogP contribution is 2.21. The molecule has 19 heavy (non-hydrogen) atoms. The average Bonchev–Trinajstić information content (AvgIpc) is 2.96. The molecular weight excluding hydrogens is 258 g/mol. The number of nitrogens with zero attached hydrogens (tertiary/aromatic N) is 4. The van der Waals surface area contributed by atoms with E-state index in [2.05, 4.69) is 45.7 Å². The van der Waals surface area contributed by atoms with Gasteiger partial charge in [-0.15, -0.1) is 5.10 Å². The van der Waals surface area contributed by atoms with E-state index in [4.69, 9.17) is 0 Å². The van der Waals surface area contributed by atoms with Crippen molar-refractivity contribution in [2.24, 2.45) is 5.92 Å². The van der Waals surface area contributed by atoms with Gasteiger partial charge in [0.05, 0.1) is 0 Å². The lowest BCUT2D eigenvalue weighted by Crippen LogP contribution is -2.27. The van der Waals surface area contributed by atoms with Crippen LogP contribution in [-0.2, 0) is 6.54 Å². The molecule has 6 heteroatoms. The highest BCUT2D eigenvalue weighted by atomic mass is 32.1. The van der Waals surface area contributed by atoms with E-state index in [1.807, 2.05) is 0 Å². The van der Waals surface area contributed by atoms with Gasteiger partial charge < -0.3 is 15.1 Å². The number of anilines is 1. The van der Waals surface area contributed by atoms with Gasteiger partial charge in [-0.3, -0.25) is 0 Å². The Bertz CT molecular complexity index is 381. The Kier molecular flexibility index (Phi) is 5.54. The number of aromatic nitrogens is 2. The number of hydrogen-bond donors (Lipinski definition) is 1. The van der Waals surface area contributed by atoms with Gasteiger partial charge in [-0.05, 0) is 39.4 Å². The first-order valence-corrected chi connectivity index (χ1v) is 7.88. The van der Waals surface area contributed by atoms with Gasteiger partial charge in [-0.25, -0.2) is 0 Å². The van der Waals surface area contributed by atoms with Crippen LogP contribution in [0, 0.1) is 5.92 Å². The molecule has 1 aliphatic rings. The lowest BCUT2D eigenvalue weighted by atomic mass is 10.1. The lowest BCUT2D eigenvalue weighted by Gasteiger charge is -2.20. The number of nitrogens with one attached hydrogen (secondary N) is 1. The zero-order chi connectivity index (χ0) is 13.7. The van der Waals surface area contributed by atoms with E-state index < -0.39 is 0 Å². The van der Waals surface area contributed by atoms with Crippen LogP contribution in [0.5, 0.6) is 0 Å². The highest BCUT2D eigenvalue weighted by molar-refractivity contribution is 7.10. The molecule has 0 aliphatic carbocycles. The Morgan fingerprint density at radius 2 is 2.37 bits per heavy atom. The van der Waals surface area contributed by atoms with Crippen molar-refractivity contribution < 1.29 is 0 Å². The van der Waals surface area contributed by atoms with Crippen molar-refractivity contribution in [3.8, 4) is 0 Å². The highest BCUT2D eigenvalue weighted by Gasteiger charge is 2.21. The summed E-state index contributed by atoms with van der Waals surface area (Å²) in [6.45, 7) is 7.66. The second-order valence-corrected chi connectivity index (χ2v) is 6.34. The summed E-state index contributed by atoms with van der Waals surface area (Å²) in [5, 5.41) is 8.80. The zero-order valence-electron chi connectivity index (χ0n) is 12.2. The predicted molar refractivity (Wildman–Crippen MR) is 80.6 cm³/mol. The van der Waals surface area contributed by atoms with Crippen molar-refractivity contribution in [2.75, 3.05) is 45.6 Å². The third-order valence-electron chi connectivity index (χ3n) is 3.57. The maximum atomic E-state index is 4.25. The molecule has 0 aromatic carbocycles. The molecule has 0 saturated carbocycles. The van der Waals surface area contributed by atoms with Crippen molar-refractivity contribution in [3.63, 3.8) is 0 Å². The molecule has 1 fully saturated rings. The molecule has 1 atom stereocenters. The topological polar surface area (TPSA) is 44.3 Å². The number of rotatable bonds is 7. The fraction of sp³-hybridized carbons (Fsp3) is 0.846. The van der Waals surface area contributed by atoms with Gasteiger partial charge in [-0.2, -0.15) is 0 Å². The molecule has 0 amide bonds. The fourth-order valence-electron chi connectivity index (χ4n) is 2.62. The molecule has 1 saturated heterocycles. The SMILES string of the molecule is CCCNc1snnc1CN(C)CC1CCN(C)C1. The number of likely N-dealkylation sites (tertiary alicyclic amines) is 1. The van der Waals surface area contributed by atoms with Crippen molar-refractivity contribution in [1.82, 2.24) is 19.4 Å². The monoisotopic (exact) mass is 283 g/mol. The molecule has 1 aromatic heterocycles. The van der Waals surface area contributed by atoms with Crippen molar-refractivity contribution in [3.05, 3.63) is 5.69 Å². The summed E-state index contributed by atoms with van der Waals surface area (Å²) < 4.78 is 4.07. The Hall–Kier alpha value is -0.720. The Labute approximate surface area is 120 Å². The second kappa shape index (κ2) is 7.17. The summed E-state index contributed by atoms with van der Waals surface area (Å²) in [5.41, 5.74) is 1.09. The third kappa shape index (κ3) is 4.40. The quantitative estimate of drug-likeness (QED) is 0.826. The molecular formula is C13H25N5S. The first-order chi connectivity index (χ1) is 9.19. The summed E-state index contributed by atoms with van der Waals surface area (Å²) in [4.78, 5) is 4.79. The van der Waals surface area contributed by atoms with Crippen LogP contribution in [0.2, 0.25) is 0 Å². The number of hydrogen-bond acceptors (Lipinski definition) is 6. The predicted octanol–water partition coefficient (Wildman–Crippen LogP) is 1.74. The standard InChI is InChI=1S/C13H25N5S/c1-4-6-14-13-12(15-16-19-13)10-18(3)9-11-5-7-17(2)8-11/h11,14H,4-10H2,1-3H3. The molecule has 2 heterocycles. The van der Waals surface area contributed by atoms with Crippen molar-refractivity contribution in [1.29, 1.82) is 0 Å². The molecule has 1 aliphatic heterocycles. The first-order valence-electron chi connectivity index (χ1n) is 7.11. The van der Waals surface area contributed by atoms with Crippen LogP contribution in [-0.4, -0.2) is 59.7 Å². The summed E-state index contributed by atoms with van der Waals surface area (Å²) in [7, 11) is 4.39. The van der Waals surface area contributed by atoms with Crippen molar-refractivity contribution in [2.45, 2.75) is 26.3 Å². The summed E-state index contributed by atoms with van der Waals surface area (Å²) in [6, 6.07) is 0. The van der Waals surface area contributed by atoms with Gasteiger partial charge in [0.1, 0.15) is 10.7 Å². The van der Waals surface area contributed by atoms with E-state index in [-0.39, 0.29) is 0 Å². The summed E-state index contributed by atoms with van der Waals surface area (Å²) >= 11 is 1.47. The van der Waals surface area contributed by atoms with E-state index in [9.17, 15) is 0 Å². The maximum Gasteiger partial charge on any atom is 0.134 e. The van der Waals surface area contributed by atoms with Gasteiger partial charge in [0, 0.05) is 37.7 Å². The largest absolute Gasteiger partial charge is 0.374 e. The molecule has 0 radical (unpaired) electrons. The first kappa shape index (κ1) is 14.7. The van der Waals surface area contributed by atoms with E-state index >= 15 is 0 Å². The minimum absolute atomic E-state index is 0.800. The summed E-state index contributed by atoms with van der Waals surface area (Å²) in [6.07, 6.45) is 2.44. The van der Waals surface area contributed by atoms with Crippen LogP contribution in [0.25, 0.3) is 0 Å². The van der Waals surface area contributed by atoms with Crippen LogP contribution >= 0.6 is 11.5 Å². The molecule has 0 bridgehead atoms. The normalized spacial score (nSPS) is 20.3. The van der Waals surface area contributed by atoms with E-state index in [0.717, 1.165) is 42.7 Å². The van der Waals surface area contributed by atoms with E-state index in [1.165, 1.54) is 31.0 Å². The van der Waals surface area contributed by atoms with Crippen LogP contribution < -0.4 is 5.32 Å². The fourth-order valence-corrected chi connectivity index (χ4v) is 3.22. The minimum Gasteiger partial charge on any atom is -0.374 e. The van der Waals surface area contributed by atoms with Crippen LogP contribution in [0.1, 0.15) is 25.5 Å². The lowest BCUT2D eigenvalue weighted by molar-refractivity contribution is 0.265. The van der Waals surface area contributed by atoms with Gasteiger partial charge in [0.2, 0.25) is 0 Å². The van der Waals surface area contributed by atoms with E-state index in [1.54, 1.807) is 0 Å². The van der Waals surface area contributed by atoms with Crippen molar-refractivity contribution >= 4 is 16.5 Å². The van der Waals surface area contributed by atoms with Gasteiger partial charge >= 0.3 is 0 Å². The maximum absolute atomic E-state index is 4.25. The average molecular weight is 283 g/mol. The Balaban J connectivity index is 1.81. The van der Waals surface area contributed by atoms with Crippen LogP contribution in [0.4, 0.5) is 5.00 Å².